The molecule has 1 aliphatic rings. The first-order valence-corrected chi connectivity index (χ1v) is 9.95. The lowest BCUT2D eigenvalue weighted by Crippen LogP contribution is -2.55. The van der Waals surface area contributed by atoms with E-state index in [9.17, 15) is 19.4 Å². The van der Waals surface area contributed by atoms with Crippen LogP contribution in [0.4, 0.5) is 4.39 Å². The number of ether oxygens (including phenoxy) is 1. The van der Waals surface area contributed by atoms with Crippen molar-refractivity contribution in [2.75, 3.05) is 20.2 Å². The molecule has 2 aromatic carbocycles. The van der Waals surface area contributed by atoms with E-state index in [1.807, 2.05) is 35.2 Å². The molecule has 0 bridgehead atoms. The largest absolute Gasteiger partial charge is 0.496 e. The van der Waals surface area contributed by atoms with Crippen LogP contribution in [0.25, 0.3) is 0 Å². The monoisotopic (exact) mass is 401 g/mol. The molecule has 0 spiro atoms. The van der Waals surface area contributed by atoms with E-state index in [2.05, 4.69) is 0 Å². The minimum atomic E-state index is -1.26. The number of methoxy groups -OCH3 is 1. The van der Waals surface area contributed by atoms with Gasteiger partial charge < -0.3 is 14.9 Å². The van der Waals surface area contributed by atoms with Crippen molar-refractivity contribution in [3.63, 3.8) is 0 Å². The summed E-state index contributed by atoms with van der Waals surface area (Å²) in [6.45, 7) is 0.929. The Kier molecular flexibility index (Phi) is 6.87. The van der Waals surface area contributed by atoms with Crippen molar-refractivity contribution in [2.24, 2.45) is 5.41 Å². The van der Waals surface area contributed by atoms with Gasteiger partial charge in [0.2, 0.25) is 0 Å². The summed E-state index contributed by atoms with van der Waals surface area (Å²) in [6, 6.07) is 14.6. The van der Waals surface area contributed by atoms with Gasteiger partial charge in [0, 0.05) is 25.2 Å². The predicted octanol–water partition coefficient (Wildman–Crippen LogP) is 3.49. The van der Waals surface area contributed by atoms with Gasteiger partial charge in [0.15, 0.2) is 0 Å². The Hall–Kier alpha value is -2.44. The fraction of sp³-hybridized carbons (Fsp3) is 0.435. The van der Waals surface area contributed by atoms with E-state index < -0.39 is 17.5 Å². The van der Waals surface area contributed by atoms with E-state index in [0.29, 0.717) is 37.1 Å². The van der Waals surface area contributed by atoms with E-state index in [-0.39, 0.29) is 18.9 Å². The molecule has 1 fully saturated rings. The number of hydrogen-bond acceptors (Lipinski definition) is 4. The number of carboxylic acids is 1. The summed E-state index contributed by atoms with van der Waals surface area (Å²) in [5, 5.41) is 20.6. The Morgan fingerprint density at radius 2 is 2.00 bits per heavy atom. The molecule has 2 N–H and O–H groups in total. The van der Waals surface area contributed by atoms with Gasteiger partial charge in [0.1, 0.15) is 17.0 Å². The zero-order valence-electron chi connectivity index (χ0n) is 16.7. The van der Waals surface area contributed by atoms with E-state index >= 15 is 0 Å². The highest BCUT2D eigenvalue weighted by Gasteiger charge is 2.48. The lowest BCUT2D eigenvalue weighted by Gasteiger charge is -2.43. The predicted molar refractivity (Wildman–Crippen MR) is 108 cm³/mol. The van der Waals surface area contributed by atoms with Crippen molar-refractivity contribution >= 4 is 5.97 Å². The Morgan fingerprint density at radius 1 is 1.24 bits per heavy atom. The molecule has 6 heteroatoms. The average Bonchev–Trinajstić information content (AvgIpc) is 2.72. The summed E-state index contributed by atoms with van der Waals surface area (Å²) in [4.78, 5) is 14.1. The topological polar surface area (TPSA) is 70.0 Å². The number of rotatable bonds is 8. The van der Waals surface area contributed by atoms with Gasteiger partial charge in [-0.05, 0) is 43.4 Å². The third-order valence-corrected chi connectivity index (χ3v) is 5.90. The molecule has 2 aromatic rings. The van der Waals surface area contributed by atoms with Crippen LogP contribution in [0.3, 0.4) is 0 Å². The number of aliphatic hydroxyl groups excluding tert-OH is 1. The highest BCUT2D eigenvalue weighted by molar-refractivity contribution is 5.76. The minimum absolute atomic E-state index is 0.176. The number of benzene rings is 2. The smallest absolute Gasteiger partial charge is 0.313 e. The number of aliphatic hydroxyl groups is 1. The van der Waals surface area contributed by atoms with E-state index in [4.69, 9.17) is 4.74 Å². The van der Waals surface area contributed by atoms with Gasteiger partial charge >= 0.3 is 5.97 Å². The second-order valence-electron chi connectivity index (χ2n) is 7.74. The van der Waals surface area contributed by atoms with Crippen LogP contribution in [-0.4, -0.2) is 47.4 Å². The Morgan fingerprint density at radius 3 is 2.69 bits per heavy atom. The number of carbonyl (C=O) groups is 1. The second-order valence-corrected chi connectivity index (χ2v) is 7.74. The molecule has 0 aliphatic carbocycles. The number of aryl methyl sites for hydroxylation is 1. The lowest BCUT2D eigenvalue weighted by molar-refractivity contribution is -0.164. The van der Waals surface area contributed by atoms with Crippen molar-refractivity contribution in [2.45, 2.75) is 38.3 Å². The highest BCUT2D eigenvalue weighted by atomic mass is 19.1. The fourth-order valence-electron chi connectivity index (χ4n) is 4.22. The first kappa shape index (κ1) is 21.3. The molecule has 1 saturated heterocycles. The van der Waals surface area contributed by atoms with Crippen LogP contribution in [0.5, 0.6) is 5.75 Å². The standard InChI is InChI=1S/C23H28FNO4/c1-29-20-11-5-10-19(24)18(20)15-25-14-12-21(26)23(16-25,22(27)28)13-6-9-17-7-3-2-4-8-17/h2-5,7-8,10-11,21,26H,6,9,12-16H2,1H3,(H,27,28)/t21-,23-/m1/s1. The van der Waals surface area contributed by atoms with Gasteiger partial charge in [-0.3, -0.25) is 9.69 Å². The number of hydrogen-bond donors (Lipinski definition) is 2. The molecule has 0 amide bonds. The quantitative estimate of drug-likeness (QED) is 0.709. The molecule has 0 saturated carbocycles. The molecule has 156 valence electrons. The van der Waals surface area contributed by atoms with Gasteiger partial charge in [-0.25, -0.2) is 4.39 Å². The summed E-state index contributed by atoms with van der Waals surface area (Å²) in [6.07, 6.45) is 1.20. The maximum atomic E-state index is 14.3. The summed E-state index contributed by atoms with van der Waals surface area (Å²) < 4.78 is 19.6. The van der Waals surface area contributed by atoms with Crippen molar-refractivity contribution < 1.29 is 24.1 Å². The molecular weight excluding hydrogens is 373 g/mol. The van der Waals surface area contributed by atoms with Crippen LogP contribution < -0.4 is 4.74 Å². The van der Waals surface area contributed by atoms with E-state index in [1.54, 1.807) is 12.1 Å². The number of aliphatic carboxylic acids is 1. The summed E-state index contributed by atoms with van der Waals surface area (Å²) in [5.41, 5.74) is 0.298. The Labute approximate surface area is 170 Å². The van der Waals surface area contributed by atoms with Crippen molar-refractivity contribution in [1.82, 2.24) is 4.90 Å². The van der Waals surface area contributed by atoms with Gasteiger partial charge in [0.25, 0.3) is 0 Å². The van der Waals surface area contributed by atoms with Crippen LogP contribution >= 0.6 is 0 Å². The number of likely N-dealkylation sites (tertiary alicyclic amines) is 1. The third-order valence-electron chi connectivity index (χ3n) is 5.90. The SMILES string of the molecule is COc1cccc(F)c1CN1CC[C@@H](O)[C@](CCCc2ccccc2)(C(=O)O)C1. The van der Waals surface area contributed by atoms with Gasteiger partial charge in [-0.1, -0.05) is 36.4 Å². The van der Waals surface area contributed by atoms with Crippen molar-refractivity contribution in [3.8, 4) is 5.75 Å². The highest BCUT2D eigenvalue weighted by Crippen LogP contribution is 2.37. The molecule has 0 unspecified atom stereocenters. The van der Waals surface area contributed by atoms with Crippen LogP contribution in [-0.2, 0) is 17.8 Å². The van der Waals surface area contributed by atoms with Crippen LogP contribution in [0, 0.1) is 11.2 Å². The molecular formula is C23H28FNO4. The third kappa shape index (κ3) is 4.77. The first-order valence-electron chi connectivity index (χ1n) is 9.95. The van der Waals surface area contributed by atoms with Gasteiger partial charge in [-0.2, -0.15) is 0 Å². The van der Waals surface area contributed by atoms with E-state index in [1.165, 1.54) is 13.2 Å². The lowest BCUT2D eigenvalue weighted by atomic mass is 9.73. The average molecular weight is 401 g/mol. The van der Waals surface area contributed by atoms with Crippen LogP contribution in [0.1, 0.15) is 30.4 Å². The van der Waals surface area contributed by atoms with Gasteiger partial charge in [-0.15, -0.1) is 0 Å². The fourth-order valence-corrected chi connectivity index (χ4v) is 4.22. The maximum Gasteiger partial charge on any atom is 0.313 e. The van der Waals surface area contributed by atoms with Crippen LogP contribution in [0.2, 0.25) is 0 Å². The number of nitrogens with zero attached hydrogens (tertiary/aromatic N) is 1. The molecule has 1 aliphatic heterocycles. The summed E-state index contributed by atoms with van der Waals surface area (Å²) >= 11 is 0. The van der Waals surface area contributed by atoms with Crippen LogP contribution in [0.15, 0.2) is 48.5 Å². The summed E-state index contributed by atoms with van der Waals surface area (Å²) in [5.74, 6) is -0.926. The Bertz CT molecular complexity index is 829. The first-order chi connectivity index (χ1) is 14.0. The number of halogens is 1. The number of carboxylic acid groups (broad SMARTS) is 1. The Balaban J connectivity index is 1.74. The molecule has 5 nitrogen and oxygen atoms in total. The molecule has 1 heterocycles. The molecule has 2 atom stereocenters. The van der Waals surface area contributed by atoms with Crippen molar-refractivity contribution in [1.29, 1.82) is 0 Å². The minimum Gasteiger partial charge on any atom is -0.496 e. The molecule has 3 rings (SSSR count). The summed E-state index contributed by atoms with van der Waals surface area (Å²) in [7, 11) is 1.49. The molecule has 0 aromatic heterocycles. The molecule has 0 radical (unpaired) electrons. The zero-order chi connectivity index (χ0) is 20.9. The normalized spacial score (nSPS) is 22.4. The second kappa shape index (κ2) is 9.37. The van der Waals surface area contributed by atoms with Crippen molar-refractivity contribution in [3.05, 3.63) is 65.5 Å². The van der Waals surface area contributed by atoms with E-state index in [0.717, 1.165) is 12.0 Å². The zero-order valence-corrected chi connectivity index (χ0v) is 16.7. The van der Waals surface area contributed by atoms with Gasteiger partial charge in [0.05, 0.1) is 13.2 Å². The number of piperidine rings is 1. The maximum absolute atomic E-state index is 14.3. The molecule has 29 heavy (non-hydrogen) atoms.